The third kappa shape index (κ3) is 5.43. The SMILES string of the molecule is COc1ccc(C[C@@H]2c3cc(OC)c(OC)cc3CC[N+]2(C)C(C)C(=O)OCc2ccccc2)cc1OC. The Kier molecular flexibility index (Phi) is 8.47. The van der Waals surface area contributed by atoms with Gasteiger partial charge in [-0.05, 0) is 47.9 Å². The number of carbonyl (C=O) groups excluding carboxylic acids is 1. The molecule has 0 radical (unpaired) electrons. The summed E-state index contributed by atoms with van der Waals surface area (Å²) in [4.78, 5) is 13.4. The van der Waals surface area contributed by atoms with Gasteiger partial charge in [-0.25, -0.2) is 4.79 Å². The number of ether oxygens (including phenoxy) is 5. The minimum Gasteiger partial charge on any atom is -0.493 e. The summed E-state index contributed by atoms with van der Waals surface area (Å²) in [5, 5.41) is 0. The number of benzene rings is 3. The maximum Gasteiger partial charge on any atom is 0.365 e. The molecule has 0 amide bonds. The Labute approximate surface area is 225 Å². The van der Waals surface area contributed by atoms with E-state index in [1.807, 2.05) is 49.4 Å². The Balaban J connectivity index is 1.71. The lowest BCUT2D eigenvalue weighted by Crippen LogP contribution is -2.60. The van der Waals surface area contributed by atoms with E-state index in [0.717, 1.165) is 29.7 Å². The fourth-order valence-corrected chi connectivity index (χ4v) is 5.40. The Morgan fingerprint density at radius 3 is 2.13 bits per heavy atom. The molecule has 202 valence electrons. The van der Waals surface area contributed by atoms with Crippen molar-refractivity contribution in [3.63, 3.8) is 0 Å². The molecule has 3 aromatic rings. The predicted octanol–water partition coefficient (Wildman–Crippen LogP) is 5.14. The van der Waals surface area contributed by atoms with Crippen molar-refractivity contribution >= 4 is 5.97 Å². The normalized spacial score (nSPS) is 19.2. The molecule has 0 aromatic heterocycles. The molecule has 0 aliphatic carbocycles. The van der Waals surface area contributed by atoms with E-state index in [9.17, 15) is 4.79 Å². The van der Waals surface area contributed by atoms with Crippen molar-refractivity contribution in [2.24, 2.45) is 0 Å². The van der Waals surface area contributed by atoms with Crippen LogP contribution in [0, 0.1) is 0 Å². The van der Waals surface area contributed by atoms with Gasteiger partial charge in [-0.3, -0.25) is 0 Å². The molecular weight excluding hydrogens is 482 g/mol. The molecule has 2 unspecified atom stereocenters. The van der Waals surface area contributed by atoms with Crippen molar-refractivity contribution in [2.75, 3.05) is 42.0 Å². The molecule has 7 heteroatoms. The Morgan fingerprint density at radius 1 is 0.842 bits per heavy atom. The van der Waals surface area contributed by atoms with Crippen molar-refractivity contribution in [1.29, 1.82) is 0 Å². The van der Waals surface area contributed by atoms with E-state index in [1.54, 1.807) is 28.4 Å². The lowest BCUT2D eigenvalue weighted by atomic mass is 9.85. The Morgan fingerprint density at radius 2 is 1.47 bits per heavy atom. The van der Waals surface area contributed by atoms with E-state index >= 15 is 0 Å². The monoisotopic (exact) mass is 520 g/mol. The van der Waals surface area contributed by atoms with Crippen LogP contribution in [0.2, 0.25) is 0 Å². The number of methoxy groups -OCH3 is 4. The third-order valence-electron chi connectivity index (χ3n) is 7.91. The molecule has 0 fully saturated rings. The highest BCUT2D eigenvalue weighted by Crippen LogP contribution is 2.44. The molecule has 4 rings (SSSR count). The first-order valence-corrected chi connectivity index (χ1v) is 12.9. The van der Waals surface area contributed by atoms with Crippen LogP contribution >= 0.6 is 0 Å². The predicted molar refractivity (Wildman–Crippen MR) is 146 cm³/mol. The van der Waals surface area contributed by atoms with Gasteiger partial charge in [-0.2, -0.15) is 0 Å². The summed E-state index contributed by atoms with van der Waals surface area (Å²) < 4.78 is 28.6. The second kappa shape index (κ2) is 11.8. The number of carbonyl (C=O) groups is 1. The number of esters is 1. The molecular formula is C31H38NO6+. The highest BCUT2D eigenvalue weighted by atomic mass is 16.5. The second-order valence-corrected chi connectivity index (χ2v) is 9.90. The van der Waals surface area contributed by atoms with Crippen molar-refractivity contribution in [1.82, 2.24) is 0 Å². The van der Waals surface area contributed by atoms with Crippen molar-refractivity contribution < 1.29 is 33.0 Å². The fraction of sp³-hybridized carbons (Fsp3) is 0.387. The lowest BCUT2D eigenvalue weighted by Gasteiger charge is -2.48. The molecule has 3 atom stereocenters. The molecule has 1 aliphatic heterocycles. The molecule has 1 aliphatic rings. The maximum absolute atomic E-state index is 13.4. The number of rotatable bonds is 10. The van der Waals surface area contributed by atoms with Crippen LogP contribution in [0.1, 0.15) is 35.2 Å². The van der Waals surface area contributed by atoms with Crippen LogP contribution in [-0.4, -0.2) is 58.5 Å². The number of likely N-dealkylation sites (N-methyl/N-ethyl adjacent to an activating group) is 1. The molecule has 7 nitrogen and oxygen atoms in total. The van der Waals surface area contributed by atoms with E-state index in [1.165, 1.54) is 5.56 Å². The Bertz CT molecular complexity index is 1260. The topological polar surface area (TPSA) is 63.2 Å². The number of hydrogen-bond acceptors (Lipinski definition) is 6. The highest BCUT2D eigenvalue weighted by molar-refractivity contribution is 5.74. The second-order valence-electron chi connectivity index (χ2n) is 9.90. The number of nitrogens with zero attached hydrogens (tertiary/aromatic N) is 1. The van der Waals surface area contributed by atoms with Crippen LogP contribution in [0.15, 0.2) is 60.7 Å². The minimum absolute atomic E-state index is 0.0315. The molecule has 0 saturated heterocycles. The van der Waals surface area contributed by atoms with Crippen LogP contribution in [-0.2, 0) is 29.0 Å². The van der Waals surface area contributed by atoms with Gasteiger partial charge in [-0.1, -0.05) is 36.4 Å². The maximum atomic E-state index is 13.4. The van der Waals surface area contributed by atoms with Gasteiger partial charge in [-0.15, -0.1) is 0 Å². The summed E-state index contributed by atoms with van der Waals surface area (Å²) in [6.07, 6.45) is 1.50. The highest BCUT2D eigenvalue weighted by Gasteiger charge is 2.46. The molecule has 3 aromatic carbocycles. The molecule has 0 N–H and O–H groups in total. The van der Waals surface area contributed by atoms with Gasteiger partial charge in [0, 0.05) is 18.4 Å². The van der Waals surface area contributed by atoms with E-state index in [-0.39, 0.29) is 24.7 Å². The van der Waals surface area contributed by atoms with Crippen LogP contribution in [0.25, 0.3) is 0 Å². The first-order chi connectivity index (χ1) is 18.3. The van der Waals surface area contributed by atoms with Crippen molar-refractivity contribution in [3.05, 3.63) is 82.9 Å². The van der Waals surface area contributed by atoms with Gasteiger partial charge in [0.25, 0.3) is 0 Å². The molecule has 1 heterocycles. The summed E-state index contributed by atoms with van der Waals surface area (Å²) in [5.74, 6) is 2.54. The summed E-state index contributed by atoms with van der Waals surface area (Å²) in [6.45, 7) is 3.01. The summed E-state index contributed by atoms with van der Waals surface area (Å²) in [7, 11) is 8.72. The van der Waals surface area contributed by atoms with Crippen LogP contribution in [0.5, 0.6) is 23.0 Å². The standard InChI is InChI=1S/C31H38NO6/c1-21(31(33)38-20-22-10-8-7-9-11-22)32(2)15-14-24-18-29(36-5)30(37-6)19-25(24)26(32)16-23-12-13-27(34-3)28(17-23)35-4/h7-13,17-19,21,26H,14-16,20H2,1-6H3/q+1/t21?,26-,32?/m1/s1. The van der Waals surface area contributed by atoms with Gasteiger partial charge < -0.3 is 28.2 Å². The van der Waals surface area contributed by atoms with E-state index in [4.69, 9.17) is 23.7 Å². The first kappa shape index (κ1) is 27.3. The van der Waals surface area contributed by atoms with Gasteiger partial charge >= 0.3 is 5.97 Å². The van der Waals surface area contributed by atoms with E-state index < -0.39 is 0 Å². The van der Waals surface area contributed by atoms with Crippen LogP contribution < -0.4 is 18.9 Å². The van der Waals surface area contributed by atoms with Gasteiger partial charge in [0.15, 0.2) is 29.0 Å². The minimum atomic E-state index is -0.384. The van der Waals surface area contributed by atoms with E-state index in [0.29, 0.717) is 33.9 Å². The molecule has 0 bridgehead atoms. The zero-order valence-electron chi connectivity index (χ0n) is 23.2. The summed E-state index contributed by atoms with van der Waals surface area (Å²) >= 11 is 0. The molecule has 38 heavy (non-hydrogen) atoms. The number of hydrogen-bond donors (Lipinski definition) is 0. The third-order valence-corrected chi connectivity index (χ3v) is 7.91. The van der Waals surface area contributed by atoms with Gasteiger partial charge in [0.05, 0.1) is 42.0 Å². The average Bonchev–Trinajstić information content (AvgIpc) is 2.96. The molecule has 0 saturated carbocycles. The smallest absolute Gasteiger partial charge is 0.365 e. The average molecular weight is 521 g/mol. The summed E-state index contributed by atoms with van der Waals surface area (Å²) in [5.41, 5.74) is 4.41. The molecule has 0 spiro atoms. The summed E-state index contributed by atoms with van der Waals surface area (Å²) in [6, 6.07) is 19.5. The zero-order valence-corrected chi connectivity index (χ0v) is 23.2. The van der Waals surface area contributed by atoms with Crippen molar-refractivity contribution in [3.8, 4) is 23.0 Å². The zero-order chi connectivity index (χ0) is 27.3. The fourth-order valence-electron chi connectivity index (χ4n) is 5.40. The quantitative estimate of drug-likeness (QED) is 0.273. The van der Waals surface area contributed by atoms with Gasteiger partial charge in [0.1, 0.15) is 12.6 Å². The van der Waals surface area contributed by atoms with Crippen LogP contribution in [0.4, 0.5) is 0 Å². The Hall–Kier alpha value is -3.71. The largest absolute Gasteiger partial charge is 0.493 e. The van der Waals surface area contributed by atoms with Crippen LogP contribution in [0.3, 0.4) is 0 Å². The first-order valence-electron chi connectivity index (χ1n) is 12.9. The lowest BCUT2D eigenvalue weighted by molar-refractivity contribution is -0.954. The van der Waals surface area contributed by atoms with Crippen molar-refractivity contribution in [2.45, 2.75) is 38.5 Å². The number of quaternary nitrogens is 1. The number of fused-ring (bicyclic) bond motifs is 1. The van der Waals surface area contributed by atoms with Gasteiger partial charge in [0.2, 0.25) is 0 Å². The van der Waals surface area contributed by atoms with E-state index in [2.05, 4.69) is 25.2 Å².